The number of amides is 1. The number of hydrogen-bond acceptors (Lipinski definition) is 4. The van der Waals surface area contributed by atoms with Gasteiger partial charge in [0.15, 0.2) is 11.0 Å². The minimum Gasteiger partial charge on any atom is -0.325 e. The second-order valence-electron chi connectivity index (χ2n) is 7.04. The van der Waals surface area contributed by atoms with E-state index < -0.39 is 17.6 Å². The first kappa shape index (κ1) is 24.1. The molecule has 0 bridgehead atoms. The highest BCUT2D eigenvalue weighted by Gasteiger charge is 2.30. The zero-order chi connectivity index (χ0) is 24.3. The van der Waals surface area contributed by atoms with Gasteiger partial charge in [-0.3, -0.25) is 9.36 Å². The highest BCUT2D eigenvalue weighted by Crippen LogP contribution is 2.31. The van der Waals surface area contributed by atoms with Gasteiger partial charge < -0.3 is 5.32 Å². The van der Waals surface area contributed by atoms with E-state index >= 15 is 0 Å². The Morgan fingerprint density at radius 2 is 1.59 bits per heavy atom. The summed E-state index contributed by atoms with van der Waals surface area (Å²) in [4.78, 5) is 12.5. The Hall–Kier alpha value is -3.01. The average molecular weight is 523 g/mol. The lowest BCUT2D eigenvalue weighted by molar-refractivity contribution is -0.137. The number of thioether (sulfide) groups is 1. The maximum absolute atomic E-state index is 12.9. The monoisotopic (exact) mass is 522 g/mol. The summed E-state index contributed by atoms with van der Waals surface area (Å²) < 4.78 is 40.5. The van der Waals surface area contributed by atoms with Crippen LogP contribution in [0.1, 0.15) is 5.56 Å². The Morgan fingerprint density at radius 3 is 2.24 bits per heavy atom. The van der Waals surface area contributed by atoms with E-state index in [1.807, 2.05) is 0 Å². The number of anilines is 1. The molecule has 0 saturated heterocycles. The third kappa shape index (κ3) is 5.72. The Bertz CT molecular complexity index is 1310. The predicted molar refractivity (Wildman–Crippen MR) is 128 cm³/mol. The van der Waals surface area contributed by atoms with Crippen LogP contribution in [0.3, 0.4) is 0 Å². The maximum Gasteiger partial charge on any atom is 0.416 e. The zero-order valence-electron chi connectivity index (χ0n) is 17.2. The lowest BCUT2D eigenvalue weighted by Crippen LogP contribution is -2.15. The summed E-state index contributed by atoms with van der Waals surface area (Å²) in [6, 6.07) is 18.5. The van der Waals surface area contributed by atoms with E-state index in [4.69, 9.17) is 23.2 Å². The summed E-state index contributed by atoms with van der Waals surface area (Å²) >= 11 is 13.1. The van der Waals surface area contributed by atoms with Crippen molar-refractivity contribution in [2.75, 3.05) is 11.1 Å². The molecule has 0 saturated carbocycles. The van der Waals surface area contributed by atoms with Gasteiger partial charge in [0.25, 0.3) is 0 Å². The predicted octanol–water partition coefficient (Wildman–Crippen LogP) is 6.99. The van der Waals surface area contributed by atoms with Gasteiger partial charge in [0.2, 0.25) is 5.91 Å². The second kappa shape index (κ2) is 10.1. The molecule has 4 rings (SSSR count). The van der Waals surface area contributed by atoms with Gasteiger partial charge in [-0.1, -0.05) is 41.0 Å². The Morgan fingerprint density at radius 1 is 0.941 bits per heavy atom. The van der Waals surface area contributed by atoms with Crippen molar-refractivity contribution in [3.05, 3.63) is 88.4 Å². The molecule has 0 aliphatic heterocycles. The van der Waals surface area contributed by atoms with Crippen molar-refractivity contribution >= 4 is 46.6 Å². The average Bonchev–Trinajstić information content (AvgIpc) is 3.22. The summed E-state index contributed by atoms with van der Waals surface area (Å²) in [5.74, 6) is -0.0504. The minimum absolute atomic E-state index is 0.0569. The maximum atomic E-state index is 12.9. The molecule has 0 atom stereocenters. The highest BCUT2D eigenvalue weighted by atomic mass is 35.5. The first-order chi connectivity index (χ1) is 16.2. The van der Waals surface area contributed by atoms with Gasteiger partial charge >= 0.3 is 6.18 Å². The Labute approximate surface area is 206 Å². The molecule has 0 spiro atoms. The first-order valence-electron chi connectivity index (χ1n) is 9.78. The highest BCUT2D eigenvalue weighted by molar-refractivity contribution is 7.99. The van der Waals surface area contributed by atoms with E-state index in [2.05, 4.69) is 15.5 Å². The molecule has 11 heteroatoms. The fourth-order valence-corrected chi connectivity index (χ4v) is 4.08. The van der Waals surface area contributed by atoms with Gasteiger partial charge in [0.1, 0.15) is 0 Å². The van der Waals surface area contributed by atoms with Gasteiger partial charge in [-0.2, -0.15) is 13.2 Å². The van der Waals surface area contributed by atoms with Gasteiger partial charge in [-0.25, -0.2) is 0 Å². The summed E-state index contributed by atoms with van der Waals surface area (Å²) in [5, 5.41) is 12.5. The third-order valence-corrected chi connectivity index (χ3v) is 6.06. The Kier molecular flexibility index (Phi) is 7.16. The van der Waals surface area contributed by atoms with Crippen molar-refractivity contribution in [2.24, 2.45) is 0 Å². The molecule has 1 amide bonds. The molecule has 174 valence electrons. The molecular weight excluding hydrogens is 508 g/mol. The molecule has 34 heavy (non-hydrogen) atoms. The molecule has 4 aromatic rings. The van der Waals surface area contributed by atoms with Crippen molar-refractivity contribution in [2.45, 2.75) is 11.3 Å². The van der Waals surface area contributed by atoms with Crippen LogP contribution in [0.25, 0.3) is 17.1 Å². The summed E-state index contributed by atoms with van der Waals surface area (Å²) in [7, 11) is 0. The summed E-state index contributed by atoms with van der Waals surface area (Å²) in [6.07, 6.45) is -4.50. The number of hydrogen-bond donors (Lipinski definition) is 1. The van der Waals surface area contributed by atoms with Crippen LogP contribution in [-0.4, -0.2) is 26.4 Å². The number of carbonyl (C=O) groups is 1. The van der Waals surface area contributed by atoms with Crippen molar-refractivity contribution in [3.63, 3.8) is 0 Å². The lowest BCUT2D eigenvalue weighted by Gasteiger charge is -2.11. The minimum atomic E-state index is -4.50. The molecular formula is C23H15Cl2F3N4OS. The quantitative estimate of drug-likeness (QED) is 0.277. The van der Waals surface area contributed by atoms with E-state index in [9.17, 15) is 18.0 Å². The molecule has 3 aromatic carbocycles. The normalized spacial score (nSPS) is 11.4. The molecule has 5 nitrogen and oxygen atoms in total. The van der Waals surface area contributed by atoms with Crippen molar-refractivity contribution < 1.29 is 18.0 Å². The number of aromatic nitrogens is 3. The van der Waals surface area contributed by atoms with Crippen LogP contribution in [0.5, 0.6) is 0 Å². The van der Waals surface area contributed by atoms with E-state index in [0.717, 1.165) is 35.1 Å². The van der Waals surface area contributed by atoms with Gasteiger partial charge in [0, 0.05) is 27.0 Å². The van der Waals surface area contributed by atoms with Crippen LogP contribution in [0, 0.1) is 0 Å². The molecule has 0 fully saturated rings. The van der Waals surface area contributed by atoms with E-state index in [0.29, 0.717) is 21.0 Å². The molecule has 1 heterocycles. The third-order valence-electron chi connectivity index (χ3n) is 4.63. The topological polar surface area (TPSA) is 59.8 Å². The molecule has 0 radical (unpaired) electrons. The van der Waals surface area contributed by atoms with E-state index in [1.54, 1.807) is 53.1 Å². The standard InChI is InChI=1S/C23H15Cl2F3N4OS/c24-16-6-4-14(5-7-16)21-30-31-22(32(21)19-10-8-17(25)9-11-19)34-13-20(33)29-18-3-1-2-15(12-18)23(26,27)28/h1-12H,13H2,(H,29,33). The number of alkyl halides is 3. The summed E-state index contributed by atoms with van der Waals surface area (Å²) in [5.41, 5.74) is 0.696. The number of nitrogens with one attached hydrogen (secondary N) is 1. The van der Waals surface area contributed by atoms with Crippen LogP contribution in [-0.2, 0) is 11.0 Å². The molecule has 0 unspecified atom stereocenters. The number of rotatable bonds is 6. The number of carbonyl (C=O) groups excluding carboxylic acids is 1. The second-order valence-corrected chi connectivity index (χ2v) is 8.86. The number of halogens is 5. The number of nitrogens with zero attached hydrogens (tertiary/aromatic N) is 3. The van der Waals surface area contributed by atoms with Gasteiger partial charge in [-0.05, 0) is 66.7 Å². The molecule has 1 N–H and O–H groups in total. The lowest BCUT2D eigenvalue weighted by atomic mass is 10.2. The van der Waals surface area contributed by atoms with Crippen molar-refractivity contribution in [1.82, 2.24) is 14.8 Å². The van der Waals surface area contributed by atoms with Crippen LogP contribution in [0.4, 0.5) is 18.9 Å². The van der Waals surface area contributed by atoms with E-state index in [1.165, 1.54) is 12.1 Å². The molecule has 0 aliphatic carbocycles. The summed E-state index contributed by atoms with van der Waals surface area (Å²) in [6.45, 7) is 0. The zero-order valence-corrected chi connectivity index (χ0v) is 19.5. The van der Waals surface area contributed by atoms with E-state index in [-0.39, 0.29) is 11.4 Å². The molecule has 1 aromatic heterocycles. The largest absolute Gasteiger partial charge is 0.416 e. The van der Waals surface area contributed by atoms with Crippen LogP contribution < -0.4 is 5.32 Å². The first-order valence-corrected chi connectivity index (χ1v) is 11.5. The Balaban J connectivity index is 1.57. The molecule has 0 aliphatic rings. The van der Waals surface area contributed by atoms with Crippen LogP contribution in [0.2, 0.25) is 10.0 Å². The fourth-order valence-electron chi connectivity index (χ4n) is 3.07. The fraction of sp³-hybridized carbons (Fsp3) is 0.0870. The van der Waals surface area contributed by atoms with Gasteiger partial charge in [0.05, 0.1) is 11.3 Å². The van der Waals surface area contributed by atoms with Crippen LogP contribution >= 0.6 is 35.0 Å². The number of benzene rings is 3. The van der Waals surface area contributed by atoms with Gasteiger partial charge in [-0.15, -0.1) is 10.2 Å². The van der Waals surface area contributed by atoms with Crippen molar-refractivity contribution in [1.29, 1.82) is 0 Å². The van der Waals surface area contributed by atoms with Crippen LogP contribution in [0.15, 0.2) is 78.0 Å². The smallest absolute Gasteiger partial charge is 0.325 e. The SMILES string of the molecule is O=C(CSc1nnc(-c2ccc(Cl)cc2)n1-c1ccc(Cl)cc1)Nc1cccc(C(F)(F)F)c1. The van der Waals surface area contributed by atoms with Crippen molar-refractivity contribution in [3.8, 4) is 17.1 Å².